The molecule has 0 bridgehead atoms. The van der Waals surface area contributed by atoms with E-state index in [1.807, 2.05) is 6.92 Å². The lowest BCUT2D eigenvalue weighted by Gasteiger charge is -2.10. The van der Waals surface area contributed by atoms with Gasteiger partial charge in [0, 0.05) is 20.0 Å². The van der Waals surface area contributed by atoms with E-state index in [1.165, 1.54) is 6.92 Å². The first-order valence-corrected chi connectivity index (χ1v) is 5.67. The molecule has 94 valence electrons. The number of ether oxygens (including phenoxy) is 1. The number of amidine groups is 1. The van der Waals surface area contributed by atoms with Crippen LogP contribution in [0.4, 0.5) is 0 Å². The highest BCUT2D eigenvalue weighted by Crippen LogP contribution is 1.90. The van der Waals surface area contributed by atoms with Crippen LogP contribution in [0.15, 0.2) is 4.99 Å². The van der Waals surface area contributed by atoms with Crippen molar-refractivity contribution in [2.45, 2.75) is 26.7 Å². The fraction of sp³-hybridized carbons (Fsp3) is 0.818. The quantitative estimate of drug-likeness (QED) is 0.318. The molecule has 0 aromatic rings. The number of carbonyl (C=O) groups excluding carboxylic acids is 1. The van der Waals surface area contributed by atoms with Crippen LogP contribution in [0.2, 0.25) is 0 Å². The van der Waals surface area contributed by atoms with E-state index in [0.29, 0.717) is 12.6 Å². The van der Waals surface area contributed by atoms with Gasteiger partial charge in [-0.3, -0.25) is 4.79 Å². The maximum atomic E-state index is 10.8. The summed E-state index contributed by atoms with van der Waals surface area (Å²) in [6.45, 7) is 5.72. The highest BCUT2D eigenvalue weighted by Gasteiger charge is 2.02. The molecule has 0 heterocycles. The molecule has 0 spiro atoms. The van der Waals surface area contributed by atoms with Crippen molar-refractivity contribution >= 4 is 12.0 Å². The van der Waals surface area contributed by atoms with Crippen molar-refractivity contribution in [3.05, 3.63) is 0 Å². The number of unbranched alkanes of at least 4 members (excludes halogenated alkanes) is 1. The summed E-state index contributed by atoms with van der Waals surface area (Å²) in [6, 6.07) is 0.333. The molecule has 0 saturated heterocycles. The average Bonchev–Trinajstić information content (AvgIpc) is 2.16. The Morgan fingerprint density at radius 1 is 1.38 bits per heavy atom. The van der Waals surface area contributed by atoms with Gasteiger partial charge in [0.05, 0.1) is 0 Å². The van der Waals surface area contributed by atoms with Crippen LogP contribution < -0.4 is 5.32 Å². The largest absolute Gasteiger partial charge is 0.393 e. The number of nitrogens with zero attached hydrogens (tertiary/aromatic N) is 2. The van der Waals surface area contributed by atoms with Gasteiger partial charge in [-0.15, -0.1) is 0 Å². The van der Waals surface area contributed by atoms with Crippen LogP contribution in [-0.4, -0.2) is 50.6 Å². The Labute approximate surface area is 97.9 Å². The number of nitrogens with one attached hydrogen (secondary N) is 1. The first-order chi connectivity index (χ1) is 7.56. The summed E-state index contributed by atoms with van der Waals surface area (Å²) < 4.78 is 4.91. The van der Waals surface area contributed by atoms with Gasteiger partial charge < -0.3 is 15.0 Å². The summed E-state index contributed by atoms with van der Waals surface area (Å²) in [7, 11) is 4.10. The number of hydrogen-bond donors (Lipinski definition) is 1. The standard InChI is InChI=1S/C11H23N3O2/c1-5-12-11(16-10(2)15)13-8-6-7-9-14(3)4/h5-9H2,1-4H3,(H,12,13). The number of hydrogen-bond acceptors (Lipinski definition) is 4. The van der Waals surface area contributed by atoms with Crippen molar-refractivity contribution in [2.24, 2.45) is 4.99 Å². The maximum absolute atomic E-state index is 10.8. The Morgan fingerprint density at radius 3 is 2.56 bits per heavy atom. The third-order valence-electron chi connectivity index (χ3n) is 1.85. The van der Waals surface area contributed by atoms with Gasteiger partial charge in [-0.05, 0) is 40.4 Å². The number of esters is 1. The van der Waals surface area contributed by atoms with Crippen LogP contribution in [0.25, 0.3) is 0 Å². The third-order valence-corrected chi connectivity index (χ3v) is 1.85. The zero-order valence-electron chi connectivity index (χ0n) is 10.7. The lowest BCUT2D eigenvalue weighted by molar-refractivity contribution is -0.133. The molecule has 0 radical (unpaired) electrons. The van der Waals surface area contributed by atoms with Gasteiger partial charge in [0.25, 0.3) is 6.02 Å². The predicted molar refractivity (Wildman–Crippen MR) is 65.5 cm³/mol. The second-order valence-electron chi connectivity index (χ2n) is 3.81. The summed E-state index contributed by atoms with van der Waals surface area (Å²) >= 11 is 0. The number of carbonyl (C=O) groups is 1. The molecule has 16 heavy (non-hydrogen) atoms. The average molecular weight is 229 g/mol. The molecular formula is C11H23N3O2. The SMILES string of the molecule is CCN=C(NCCCCN(C)C)OC(C)=O. The fourth-order valence-electron chi connectivity index (χ4n) is 1.15. The maximum Gasteiger partial charge on any atom is 0.310 e. The molecule has 0 aliphatic rings. The summed E-state index contributed by atoms with van der Waals surface area (Å²) in [5.41, 5.74) is 0. The monoisotopic (exact) mass is 229 g/mol. The minimum Gasteiger partial charge on any atom is -0.393 e. The minimum absolute atomic E-state index is 0.333. The molecule has 0 aliphatic carbocycles. The molecule has 0 aromatic heterocycles. The van der Waals surface area contributed by atoms with Crippen LogP contribution in [0.1, 0.15) is 26.7 Å². The molecule has 0 aromatic carbocycles. The zero-order valence-corrected chi connectivity index (χ0v) is 10.7. The second kappa shape index (κ2) is 9.15. The van der Waals surface area contributed by atoms with Gasteiger partial charge in [-0.25, -0.2) is 4.99 Å². The van der Waals surface area contributed by atoms with Crippen molar-refractivity contribution in [3.8, 4) is 0 Å². The van der Waals surface area contributed by atoms with E-state index in [4.69, 9.17) is 4.74 Å². The smallest absolute Gasteiger partial charge is 0.310 e. The van der Waals surface area contributed by atoms with E-state index >= 15 is 0 Å². The Hall–Kier alpha value is -1.10. The van der Waals surface area contributed by atoms with Crippen LogP contribution >= 0.6 is 0 Å². The van der Waals surface area contributed by atoms with E-state index in [9.17, 15) is 4.79 Å². The van der Waals surface area contributed by atoms with Crippen molar-refractivity contribution in [1.29, 1.82) is 0 Å². The molecule has 5 heteroatoms. The highest BCUT2D eigenvalue weighted by molar-refractivity contribution is 5.86. The Bertz CT molecular complexity index is 227. The highest BCUT2D eigenvalue weighted by atomic mass is 16.6. The first-order valence-electron chi connectivity index (χ1n) is 5.67. The van der Waals surface area contributed by atoms with Crippen molar-refractivity contribution < 1.29 is 9.53 Å². The Balaban J connectivity index is 3.69. The second-order valence-corrected chi connectivity index (χ2v) is 3.81. The summed E-state index contributed by atoms with van der Waals surface area (Å²) in [5.74, 6) is -0.340. The van der Waals surface area contributed by atoms with Crippen molar-refractivity contribution in [3.63, 3.8) is 0 Å². The number of aliphatic imine (C=N–C) groups is 1. The van der Waals surface area contributed by atoms with Gasteiger partial charge in [0.1, 0.15) is 0 Å². The van der Waals surface area contributed by atoms with Crippen LogP contribution in [0.3, 0.4) is 0 Å². The molecule has 0 saturated carbocycles. The van der Waals surface area contributed by atoms with E-state index in [-0.39, 0.29) is 5.97 Å². The fourth-order valence-corrected chi connectivity index (χ4v) is 1.15. The molecular weight excluding hydrogens is 206 g/mol. The zero-order chi connectivity index (χ0) is 12.4. The van der Waals surface area contributed by atoms with E-state index in [2.05, 4.69) is 29.3 Å². The molecule has 0 rings (SSSR count). The molecule has 0 amide bonds. The normalized spacial score (nSPS) is 11.7. The summed E-state index contributed by atoms with van der Waals surface area (Å²) in [6.07, 6.45) is 2.14. The third kappa shape index (κ3) is 9.45. The summed E-state index contributed by atoms with van der Waals surface area (Å²) in [4.78, 5) is 17.0. The van der Waals surface area contributed by atoms with Gasteiger partial charge in [0.2, 0.25) is 0 Å². The van der Waals surface area contributed by atoms with Crippen molar-refractivity contribution in [1.82, 2.24) is 10.2 Å². The van der Waals surface area contributed by atoms with Gasteiger partial charge in [-0.1, -0.05) is 0 Å². The molecule has 0 unspecified atom stereocenters. The van der Waals surface area contributed by atoms with Crippen LogP contribution in [0.5, 0.6) is 0 Å². The first kappa shape index (κ1) is 14.9. The van der Waals surface area contributed by atoms with Gasteiger partial charge in [0.15, 0.2) is 0 Å². The van der Waals surface area contributed by atoms with Gasteiger partial charge >= 0.3 is 5.97 Å². The van der Waals surface area contributed by atoms with E-state index in [1.54, 1.807) is 0 Å². The molecule has 0 aliphatic heterocycles. The van der Waals surface area contributed by atoms with Crippen molar-refractivity contribution in [2.75, 3.05) is 33.7 Å². The predicted octanol–water partition coefficient (Wildman–Crippen LogP) is 0.857. The molecule has 0 fully saturated rings. The van der Waals surface area contributed by atoms with Crippen LogP contribution in [0, 0.1) is 0 Å². The van der Waals surface area contributed by atoms with E-state index in [0.717, 1.165) is 25.9 Å². The lowest BCUT2D eigenvalue weighted by atomic mass is 10.3. The Morgan fingerprint density at radius 2 is 2.06 bits per heavy atom. The van der Waals surface area contributed by atoms with E-state index < -0.39 is 0 Å². The number of rotatable bonds is 6. The molecule has 5 nitrogen and oxygen atoms in total. The lowest BCUT2D eigenvalue weighted by Crippen LogP contribution is -2.29. The van der Waals surface area contributed by atoms with Crippen LogP contribution in [-0.2, 0) is 9.53 Å². The topological polar surface area (TPSA) is 53.9 Å². The summed E-state index contributed by atoms with van der Waals surface area (Å²) in [5, 5.41) is 3.01. The van der Waals surface area contributed by atoms with Gasteiger partial charge in [-0.2, -0.15) is 0 Å². The molecule has 0 atom stereocenters. The Kier molecular flexibility index (Phi) is 8.52. The molecule has 1 N–H and O–H groups in total. The minimum atomic E-state index is -0.340.